The highest BCUT2D eigenvalue weighted by Gasteiger charge is 2.60. The molecule has 0 bridgehead atoms. The normalized spacial score (nSPS) is 16.1. The number of aliphatic hydroxyl groups is 2. The van der Waals surface area contributed by atoms with E-state index in [0.717, 1.165) is 80.1 Å². The molecule has 0 fully saturated rings. The number of hydrogen-bond acceptors (Lipinski definition) is 9. The van der Waals surface area contributed by atoms with Crippen LogP contribution in [0, 0.1) is 34.0 Å². The number of nitrogens with zero attached hydrogens (tertiary/aromatic N) is 4. The molecule has 3 heterocycles. The molecular formula is C57H57F3N4O3S2. The van der Waals surface area contributed by atoms with Gasteiger partial charge in [0.15, 0.2) is 11.3 Å². The van der Waals surface area contributed by atoms with Crippen molar-refractivity contribution in [2.75, 3.05) is 31.2 Å². The molecular weight excluding hydrogens is 910 g/mol. The van der Waals surface area contributed by atoms with Crippen molar-refractivity contribution < 1.29 is 28.1 Å². The summed E-state index contributed by atoms with van der Waals surface area (Å²) >= 11 is 3.33. The van der Waals surface area contributed by atoms with Crippen LogP contribution >= 0.6 is 22.7 Å². The number of aryl methyl sites for hydroxylation is 2. The molecule has 2 aliphatic rings. The third-order valence-corrected chi connectivity index (χ3v) is 15.7. The first-order chi connectivity index (χ1) is 33.4. The molecule has 0 radical (unpaired) electrons. The minimum atomic E-state index is -4.96. The van der Waals surface area contributed by atoms with Crippen LogP contribution in [0.25, 0.3) is 26.3 Å². The van der Waals surface area contributed by atoms with Gasteiger partial charge in [-0.25, -0.2) is 0 Å². The summed E-state index contributed by atoms with van der Waals surface area (Å²) < 4.78 is 49.0. The lowest BCUT2D eigenvalue weighted by molar-refractivity contribution is -0.236. The Hall–Kier alpha value is -6.20. The zero-order valence-electron chi connectivity index (χ0n) is 39.3. The van der Waals surface area contributed by atoms with Gasteiger partial charge in [-0.05, 0) is 102 Å². The van der Waals surface area contributed by atoms with Gasteiger partial charge in [-0.2, -0.15) is 29.0 Å². The van der Waals surface area contributed by atoms with Crippen molar-refractivity contribution in [3.8, 4) is 38.4 Å². The number of unbranched alkanes of at least 4 members (excludes halogenated alkanes) is 6. The number of fused-ring (bicyclic) bond motifs is 3. The predicted molar refractivity (Wildman–Crippen MR) is 272 cm³/mol. The van der Waals surface area contributed by atoms with Crippen LogP contribution in [-0.4, -0.2) is 48.3 Å². The maximum absolute atomic E-state index is 14.6. The molecule has 12 heteroatoms. The van der Waals surface area contributed by atoms with Crippen molar-refractivity contribution in [2.24, 2.45) is 0 Å². The van der Waals surface area contributed by atoms with Crippen molar-refractivity contribution in [3.63, 3.8) is 0 Å². The second-order valence-electron chi connectivity index (χ2n) is 17.7. The smallest absolute Gasteiger partial charge is 0.432 e. The van der Waals surface area contributed by atoms with E-state index in [2.05, 4.69) is 86.6 Å². The predicted octanol–water partition coefficient (Wildman–Crippen LogP) is 13.9. The minimum absolute atomic E-state index is 0.0314. The molecule has 356 valence electrons. The lowest BCUT2D eigenvalue weighted by atomic mass is 9.68. The summed E-state index contributed by atoms with van der Waals surface area (Å²) in [5, 5.41) is 48.3. The number of anilines is 1. The van der Waals surface area contributed by atoms with Crippen molar-refractivity contribution in [1.29, 1.82) is 15.8 Å². The average molecular weight is 967 g/mol. The Bertz CT molecular complexity index is 2770. The summed E-state index contributed by atoms with van der Waals surface area (Å²) in [7, 11) is 0. The highest BCUT2D eigenvalue weighted by atomic mass is 32.1. The van der Waals surface area contributed by atoms with Gasteiger partial charge in [-0.15, -0.1) is 22.7 Å². The van der Waals surface area contributed by atoms with Gasteiger partial charge in [0.2, 0.25) is 5.60 Å². The van der Waals surface area contributed by atoms with Crippen LogP contribution in [0.5, 0.6) is 0 Å². The van der Waals surface area contributed by atoms with Gasteiger partial charge in [0.1, 0.15) is 23.8 Å². The van der Waals surface area contributed by atoms with Gasteiger partial charge < -0.3 is 19.8 Å². The summed E-state index contributed by atoms with van der Waals surface area (Å²) in [6, 6.07) is 35.8. The molecule has 0 spiro atoms. The van der Waals surface area contributed by atoms with E-state index in [0.29, 0.717) is 13.1 Å². The number of halogens is 3. The summed E-state index contributed by atoms with van der Waals surface area (Å²) in [6.07, 6.45) is 12.5. The molecule has 5 aromatic rings. The van der Waals surface area contributed by atoms with Crippen LogP contribution in [0.15, 0.2) is 126 Å². The van der Waals surface area contributed by atoms with E-state index in [1.807, 2.05) is 23.1 Å². The molecule has 0 saturated heterocycles. The number of ether oxygens (including phenoxy) is 1. The molecule has 3 aromatic carbocycles. The van der Waals surface area contributed by atoms with E-state index >= 15 is 0 Å². The molecule has 0 amide bonds. The second kappa shape index (κ2) is 22.5. The highest BCUT2D eigenvalue weighted by molar-refractivity contribution is 7.24. The summed E-state index contributed by atoms with van der Waals surface area (Å²) in [5.41, 5.74) is 3.71. The number of aliphatic hydroxyl groups excluding tert-OH is 2. The Morgan fingerprint density at radius 1 is 0.710 bits per heavy atom. The summed E-state index contributed by atoms with van der Waals surface area (Å²) in [5.74, 6) is -0.682. The maximum Gasteiger partial charge on any atom is 0.432 e. The monoisotopic (exact) mass is 966 g/mol. The van der Waals surface area contributed by atoms with Crippen LogP contribution in [0.1, 0.15) is 110 Å². The quantitative estimate of drug-likeness (QED) is 0.0418. The van der Waals surface area contributed by atoms with Gasteiger partial charge >= 0.3 is 6.18 Å². The number of hydrogen-bond donors (Lipinski definition) is 2. The van der Waals surface area contributed by atoms with Crippen molar-refractivity contribution in [3.05, 3.63) is 164 Å². The fourth-order valence-electron chi connectivity index (χ4n) is 9.50. The van der Waals surface area contributed by atoms with Crippen LogP contribution in [0.3, 0.4) is 0 Å². The first kappa shape index (κ1) is 50.7. The Balaban J connectivity index is 1.37. The second-order valence-corrected chi connectivity index (χ2v) is 19.8. The Morgan fingerprint density at radius 3 is 1.75 bits per heavy atom. The van der Waals surface area contributed by atoms with Gasteiger partial charge in [-0.3, -0.25) is 0 Å². The standard InChI is InChI=1S/C57H57F3N4O3S2/c1-4-6-8-10-14-39-18-24-43(25-19-39)56(44-26-20-40(21-27-44)15-11-9-7-5-2)49-34-46(16-12-13-17-48-47(38-63)52(42(36-61)37-62)67-55(48,3)57(58,59)60)68-53(49)54-50(56)35-51(69-54)41-22-28-45(29-23-41)64(30-32-65)31-33-66/h12-13,16-29,34-35,65-66H,4-11,14-15,30-33H2,1-3H3/b16-12+,17-13+. The third kappa shape index (κ3) is 10.3. The molecule has 1 aliphatic carbocycles. The van der Waals surface area contributed by atoms with E-state index < -0.39 is 39.7 Å². The molecule has 1 aliphatic heterocycles. The minimum Gasteiger partial charge on any atom is -0.470 e. The van der Waals surface area contributed by atoms with E-state index in [9.17, 15) is 39.2 Å². The Labute approximate surface area is 412 Å². The lowest BCUT2D eigenvalue weighted by Gasteiger charge is -2.33. The average Bonchev–Trinajstić information content (AvgIpc) is 4.11. The zero-order valence-corrected chi connectivity index (χ0v) is 41.0. The van der Waals surface area contributed by atoms with E-state index in [4.69, 9.17) is 4.74 Å². The molecule has 1 atom stereocenters. The van der Waals surface area contributed by atoms with Crippen LogP contribution in [-0.2, 0) is 23.0 Å². The molecule has 0 saturated carbocycles. The zero-order chi connectivity index (χ0) is 49.2. The van der Waals surface area contributed by atoms with Gasteiger partial charge in [0.05, 0.1) is 28.4 Å². The van der Waals surface area contributed by atoms with Crippen LogP contribution in [0.2, 0.25) is 0 Å². The van der Waals surface area contributed by atoms with E-state index in [-0.39, 0.29) is 13.2 Å². The van der Waals surface area contributed by atoms with Crippen molar-refractivity contribution in [1.82, 2.24) is 0 Å². The highest BCUT2D eigenvalue weighted by Crippen LogP contribution is 2.62. The number of rotatable bonds is 21. The van der Waals surface area contributed by atoms with Crippen molar-refractivity contribution >= 4 is 34.4 Å². The molecule has 1 unspecified atom stereocenters. The number of allylic oxidation sites excluding steroid dienone is 4. The first-order valence-electron chi connectivity index (χ1n) is 23.8. The fraction of sp³-hybridized carbons (Fsp3) is 0.351. The number of nitriles is 3. The largest absolute Gasteiger partial charge is 0.470 e. The fourth-order valence-corrected chi connectivity index (χ4v) is 12.0. The molecule has 69 heavy (non-hydrogen) atoms. The third-order valence-electron chi connectivity index (χ3n) is 13.2. The van der Waals surface area contributed by atoms with Gasteiger partial charge in [0.25, 0.3) is 0 Å². The van der Waals surface area contributed by atoms with Crippen molar-refractivity contribution in [2.45, 2.75) is 102 Å². The van der Waals surface area contributed by atoms with Gasteiger partial charge in [-0.1, -0.05) is 131 Å². The topological polar surface area (TPSA) is 124 Å². The lowest BCUT2D eigenvalue weighted by Crippen LogP contribution is -2.43. The maximum atomic E-state index is 14.6. The molecule has 2 aromatic heterocycles. The Kier molecular flexibility index (Phi) is 16.5. The number of benzene rings is 3. The number of thiophene rings is 2. The molecule has 7 nitrogen and oxygen atoms in total. The van der Waals surface area contributed by atoms with Crippen LogP contribution < -0.4 is 4.90 Å². The van der Waals surface area contributed by atoms with Crippen LogP contribution in [0.4, 0.5) is 18.9 Å². The van der Waals surface area contributed by atoms with E-state index in [1.165, 1.54) is 67.4 Å². The number of alkyl halides is 3. The first-order valence-corrected chi connectivity index (χ1v) is 25.4. The molecule has 7 rings (SSSR count). The molecule has 2 N–H and O–H groups in total. The summed E-state index contributed by atoms with van der Waals surface area (Å²) in [6.45, 7) is 5.98. The summed E-state index contributed by atoms with van der Waals surface area (Å²) in [4.78, 5) is 6.15. The Morgan fingerprint density at radius 2 is 1.25 bits per heavy atom. The SMILES string of the molecule is CCCCCCc1ccc(C2(c3ccc(CCCCCC)cc3)c3cc(/C=C/C=C/C4=C(C#N)C(=C(C#N)C#N)OC4(C)C(F)(F)F)sc3-c3sc(-c4ccc(N(CCO)CCO)cc4)cc32)cc1. The van der Waals surface area contributed by atoms with Gasteiger partial charge in [0, 0.05) is 34.1 Å². The van der Waals surface area contributed by atoms with E-state index in [1.54, 1.807) is 47.0 Å².